The standard InChI is InChI=1S/C11H12BrN3S/c1-7(13-2)10-6-16-11(15-10)9-4-3-8(12)5-14-9/h3-7,13H,1-2H3. The molecule has 3 nitrogen and oxygen atoms in total. The molecule has 0 saturated carbocycles. The molecule has 0 fully saturated rings. The number of rotatable bonds is 3. The molecule has 16 heavy (non-hydrogen) atoms. The molecule has 0 amide bonds. The minimum atomic E-state index is 0.278. The quantitative estimate of drug-likeness (QED) is 0.945. The van der Waals surface area contributed by atoms with Crippen LogP contribution >= 0.6 is 27.3 Å². The van der Waals surface area contributed by atoms with Crippen LogP contribution in [0.5, 0.6) is 0 Å². The van der Waals surface area contributed by atoms with Crippen molar-refractivity contribution in [2.75, 3.05) is 7.05 Å². The summed E-state index contributed by atoms with van der Waals surface area (Å²) in [6, 6.07) is 4.22. The Morgan fingerprint density at radius 2 is 2.25 bits per heavy atom. The van der Waals surface area contributed by atoms with Gasteiger partial charge < -0.3 is 5.32 Å². The molecular weight excluding hydrogens is 286 g/mol. The van der Waals surface area contributed by atoms with Crippen LogP contribution in [0.1, 0.15) is 18.7 Å². The van der Waals surface area contributed by atoms with E-state index in [0.717, 1.165) is 20.9 Å². The molecule has 2 heterocycles. The minimum absolute atomic E-state index is 0.278. The number of halogens is 1. The average molecular weight is 298 g/mol. The van der Waals surface area contributed by atoms with Crippen molar-refractivity contribution in [3.8, 4) is 10.7 Å². The minimum Gasteiger partial charge on any atom is -0.312 e. The molecule has 84 valence electrons. The topological polar surface area (TPSA) is 37.8 Å². The van der Waals surface area contributed by atoms with Crippen molar-refractivity contribution in [2.45, 2.75) is 13.0 Å². The Labute approximate surface area is 107 Å². The average Bonchev–Trinajstić information content (AvgIpc) is 2.78. The Balaban J connectivity index is 2.28. The summed E-state index contributed by atoms with van der Waals surface area (Å²) in [5, 5.41) is 6.20. The molecule has 0 saturated heterocycles. The lowest BCUT2D eigenvalue weighted by atomic mass is 10.3. The van der Waals surface area contributed by atoms with Crippen molar-refractivity contribution in [2.24, 2.45) is 0 Å². The van der Waals surface area contributed by atoms with Crippen molar-refractivity contribution < 1.29 is 0 Å². The number of nitrogens with one attached hydrogen (secondary N) is 1. The van der Waals surface area contributed by atoms with Crippen LogP contribution in [-0.2, 0) is 0 Å². The smallest absolute Gasteiger partial charge is 0.142 e. The fourth-order valence-electron chi connectivity index (χ4n) is 1.25. The third-order valence-electron chi connectivity index (χ3n) is 2.35. The van der Waals surface area contributed by atoms with Crippen molar-refractivity contribution in [3.63, 3.8) is 0 Å². The van der Waals surface area contributed by atoms with Gasteiger partial charge in [0.25, 0.3) is 0 Å². The van der Waals surface area contributed by atoms with Crippen LogP contribution < -0.4 is 5.32 Å². The molecule has 1 N–H and O–H groups in total. The van der Waals surface area contributed by atoms with E-state index in [1.807, 2.05) is 19.2 Å². The SMILES string of the molecule is CNC(C)c1csc(-c2ccc(Br)cn2)n1. The first-order valence-corrected chi connectivity index (χ1v) is 6.62. The maximum Gasteiger partial charge on any atom is 0.142 e. The lowest BCUT2D eigenvalue weighted by Gasteiger charge is -2.04. The molecule has 0 radical (unpaired) electrons. The largest absolute Gasteiger partial charge is 0.312 e. The first kappa shape index (κ1) is 11.7. The molecule has 0 spiro atoms. The van der Waals surface area contributed by atoms with E-state index in [0.29, 0.717) is 0 Å². The first-order valence-electron chi connectivity index (χ1n) is 4.95. The first-order chi connectivity index (χ1) is 7.70. The van der Waals surface area contributed by atoms with Gasteiger partial charge in [0.1, 0.15) is 5.01 Å². The lowest BCUT2D eigenvalue weighted by Crippen LogP contribution is -2.12. The fraction of sp³-hybridized carbons (Fsp3) is 0.273. The highest BCUT2D eigenvalue weighted by atomic mass is 79.9. The predicted molar refractivity (Wildman–Crippen MR) is 70.5 cm³/mol. The number of hydrogen-bond acceptors (Lipinski definition) is 4. The van der Waals surface area contributed by atoms with E-state index >= 15 is 0 Å². The molecule has 0 aliphatic rings. The van der Waals surface area contributed by atoms with Crippen LogP contribution in [0.2, 0.25) is 0 Å². The van der Waals surface area contributed by atoms with Crippen molar-refractivity contribution in [1.82, 2.24) is 15.3 Å². The maximum absolute atomic E-state index is 4.56. The van der Waals surface area contributed by atoms with Gasteiger partial charge in [0.15, 0.2) is 0 Å². The third-order valence-corrected chi connectivity index (χ3v) is 3.70. The molecule has 2 rings (SSSR count). The van der Waals surface area contributed by atoms with Gasteiger partial charge >= 0.3 is 0 Å². The van der Waals surface area contributed by atoms with Gasteiger partial charge in [-0.3, -0.25) is 4.98 Å². The third kappa shape index (κ3) is 2.48. The second-order valence-electron chi connectivity index (χ2n) is 3.45. The van der Waals surface area contributed by atoms with Gasteiger partial charge in [0.2, 0.25) is 0 Å². The van der Waals surface area contributed by atoms with Crippen LogP contribution in [-0.4, -0.2) is 17.0 Å². The number of aromatic nitrogens is 2. The van der Waals surface area contributed by atoms with Crippen molar-refractivity contribution >= 4 is 27.3 Å². The zero-order valence-corrected chi connectivity index (χ0v) is 11.5. The van der Waals surface area contributed by atoms with E-state index in [1.165, 1.54) is 0 Å². The van der Waals surface area contributed by atoms with E-state index in [-0.39, 0.29) is 6.04 Å². The van der Waals surface area contributed by atoms with Crippen molar-refractivity contribution in [3.05, 3.63) is 33.9 Å². The predicted octanol–water partition coefficient (Wildman–Crippen LogP) is 3.25. The molecule has 0 bridgehead atoms. The number of thiazole rings is 1. The van der Waals surface area contributed by atoms with Gasteiger partial charge in [-0.25, -0.2) is 4.98 Å². The van der Waals surface area contributed by atoms with E-state index in [1.54, 1.807) is 17.5 Å². The van der Waals surface area contributed by atoms with Gasteiger partial charge in [-0.05, 0) is 42.0 Å². The highest BCUT2D eigenvalue weighted by molar-refractivity contribution is 9.10. The van der Waals surface area contributed by atoms with Gasteiger partial charge in [-0.1, -0.05) is 0 Å². The Kier molecular flexibility index (Phi) is 3.68. The zero-order valence-electron chi connectivity index (χ0n) is 9.07. The number of nitrogens with zero attached hydrogens (tertiary/aromatic N) is 2. The van der Waals surface area contributed by atoms with Crippen molar-refractivity contribution in [1.29, 1.82) is 0 Å². The summed E-state index contributed by atoms with van der Waals surface area (Å²) in [6.07, 6.45) is 1.79. The number of hydrogen-bond donors (Lipinski definition) is 1. The van der Waals surface area contributed by atoms with Crippen LogP contribution in [0, 0.1) is 0 Å². The van der Waals surface area contributed by atoms with Crippen LogP contribution in [0.3, 0.4) is 0 Å². The Hall–Kier alpha value is -0.780. The second-order valence-corrected chi connectivity index (χ2v) is 5.22. The van der Waals surface area contributed by atoms with Gasteiger partial charge in [0.05, 0.1) is 11.4 Å². The normalized spacial score (nSPS) is 12.7. The van der Waals surface area contributed by atoms with E-state index < -0.39 is 0 Å². The Morgan fingerprint density at radius 1 is 1.44 bits per heavy atom. The molecule has 0 aromatic carbocycles. The van der Waals surface area contributed by atoms with Crippen LogP contribution in [0.15, 0.2) is 28.2 Å². The lowest BCUT2D eigenvalue weighted by molar-refractivity contribution is 0.637. The zero-order chi connectivity index (χ0) is 11.5. The molecule has 2 aromatic rings. The Morgan fingerprint density at radius 3 is 2.88 bits per heavy atom. The molecule has 0 aliphatic carbocycles. The van der Waals surface area contributed by atoms with Gasteiger partial charge in [0, 0.05) is 22.1 Å². The molecule has 5 heteroatoms. The summed E-state index contributed by atoms with van der Waals surface area (Å²) in [7, 11) is 1.93. The van der Waals surface area contributed by atoms with E-state index in [2.05, 4.69) is 43.5 Å². The van der Waals surface area contributed by atoms with Crippen LogP contribution in [0.4, 0.5) is 0 Å². The summed E-state index contributed by atoms with van der Waals surface area (Å²) >= 11 is 4.99. The van der Waals surface area contributed by atoms with E-state index in [9.17, 15) is 0 Å². The monoisotopic (exact) mass is 297 g/mol. The van der Waals surface area contributed by atoms with Gasteiger partial charge in [-0.15, -0.1) is 11.3 Å². The summed E-state index contributed by atoms with van der Waals surface area (Å²) in [5.74, 6) is 0. The molecule has 2 aromatic heterocycles. The second kappa shape index (κ2) is 5.03. The summed E-state index contributed by atoms with van der Waals surface area (Å²) in [4.78, 5) is 8.89. The maximum atomic E-state index is 4.56. The van der Waals surface area contributed by atoms with Crippen LogP contribution in [0.25, 0.3) is 10.7 Å². The van der Waals surface area contributed by atoms with Gasteiger partial charge in [-0.2, -0.15) is 0 Å². The summed E-state index contributed by atoms with van der Waals surface area (Å²) < 4.78 is 0.983. The molecule has 1 atom stereocenters. The number of pyridine rings is 1. The highest BCUT2D eigenvalue weighted by Crippen LogP contribution is 2.25. The summed E-state index contributed by atoms with van der Waals surface area (Å²) in [6.45, 7) is 2.09. The highest BCUT2D eigenvalue weighted by Gasteiger charge is 2.09. The molecule has 1 unspecified atom stereocenters. The summed E-state index contributed by atoms with van der Waals surface area (Å²) in [5.41, 5.74) is 1.98. The fourth-order valence-corrected chi connectivity index (χ4v) is 2.38. The molecule has 0 aliphatic heterocycles. The van der Waals surface area contributed by atoms with E-state index in [4.69, 9.17) is 0 Å². The molecular formula is C11H12BrN3S. The Bertz CT molecular complexity index is 466.